The van der Waals surface area contributed by atoms with Crippen molar-refractivity contribution >= 4 is 11.9 Å². The fraction of sp³-hybridized carbons (Fsp3) is 0.714. The number of carbonyl (C=O) groups is 2. The number of hydrogen-bond donors (Lipinski definition) is 2. The Kier molecular flexibility index (Phi) is 4.82. The molecule has 1 saturated heterocycles. The number of allylic oxidation sites excluding steroid dienone is 2. The summed E-state index contributed by atoms with van der Waals surface area (Å²) in [6, 6.07) is -0.407. The van der Waals surface area contributed by atoms with E-state index in [0.29, 0.717) is 18.9 Å². The van der Waals surface area contributed by atoms with E-state index in [9.17, 15) is 9.59 Å². The van der Waals surface area contributed by atoms with Crippen LogP contribution in [0, 0.1) is 5.92 Å². The van der Waals surface area contributed by atoms with Crippen molar-refractivity contribution in [2.45, 2.75) is 44.6 Å². The Morgan fingerprint density at radius 3 is 2.84 bits per heavy atom. The lowest BCUT2D eigenvalue weighted by molar-refractivity contribution is -0.135. The van der Waals surface area contributed by atoms with Gasteiger partial charge in [-0.25, -0.2) is 4.79 Å². The molecule has 2 rings (SSSR count). The summed E-state index contributed by atoms with van der Waals surface area (Å²) in [5.74, 6) is 0.617. The first-order valence-corrected chi connectivity index (χ1v) is 7.16. The number of nitrogens with two attached hydrogens (primary N) is 1. The van der Waals surface area contributed by atoms with E-state index in [1.807, 2.05) is 4.90 Å². The Bertz CT molecular complexity index is 368. The number of amides is 3. The number of nitrogens with one attached hydrogen (secondary N) is 1. The third kappa shape index (κ3) is 3.98. The lowest BCUT2D eigenvalue weighted by atomic mass is 9.98. The van der Waals surface area contributed by atoms with Gasteiger partial charge in [-0.05, 0) is 38.0 Å². The number of nitrogens with zero attached hydrogens (tertiary/aromatic N) is 1. The standard InChI is InChI=1S/C14H23N3O2/c15-14(19)16-10-12-7-3-4-8-17(12)13(18)9-11-5-1-2-6-11/h1,5,11-12H,2-4,6-10H2,(H3,15,16,19)/t11-,12-/m0/s1. The maximum absolute atomic E-state index is 12.4. The van der Waals surface area contributed by atoms with Crippen LogP contribution in [0.1, 0.15) is 38.5 Å². The van der Waals surface area contributed by atoms with Crippen LogP contribution in [0.3, 0.4) is 0 Å². The van der Waals surface area contributed by atoms with Gasteiger partial charge in [0.1, 0.15) is 0 Å². The topological polar surface area (TPSA) is 75.4 Å². The van der Waals surface area contributed by atoms with Crippen molar-refractivity contribution in [3.63, 3.8) is 0 Å². The predicted octanol–water partition coefficient (Wildman–Crippen LogP) is 1.39. The smallest absolute Gasteiger partial charge is 0.312 e. The van der Waals surface area contributed by atoms with E-state index in [4.69, 9.17) is 5.73 Å². The van der Waals surface area contributed by atoms with Gasteiger partial charge >= 0.3 is 6.03 Å². The van der Waals surface area contributed by atoms with Gasteiger partial charge < -0.3 is 16.0 Å². The molecule has 5 nitrogen and oxygen atoms in total. The van der Waals surface area contributed by atoms with E-state index in [1.165, 1.54) is 0 Å². The van der Waals surface area contributed by atoms with Gasteiger partial charge in [0.05, 0.1) is 0 Å². The van der Waals surface area contributed by atoms with Crippen LogP contribution in [0.4, 0.5) is 4.79 Å². The number of likely N-dealkylation sites (tertiary alicyclic amines) is 1. The lowest BCUT2D eigenvalue weighted by Crippen LogP contribution is -2.50. The molecule has 5 heteroatoms. The summed E-state index contributed by atoms with van der Waals surface area (Å²) in [4.78, 5) is 25.1. The highest BCUT2D eigenvalue weighted by Gasteiger charge is 2.28. The van der Waals surface area contributed by atoms with Gasteiger partial charge in [-0.1, -0.05) is 12.2 Å². The molecule has 0 unspecified atom stereocenters. The van der Waals surface area contributed by atoms with Crippen LogP contribution in [0.15, 0.2) is 12.2 Å². The highest BCUT2D eigenvalue weighted by Crippen LogP contribution is 2.24. The van der Waals surface area contributed by atoms with Crippen LogP contribution < -0.4 is 11.1 Å². The quantitative estimate of drug-likeness (QED) is 0.754. The highest BCUT2D eigenvalue weighted by atomic mass is 16.2. The van der Waals surface area contributed by atoms with Crippen molar-refractivity contribution in [2.75, 3.05) is 13.1 Å². The van der Waals surface area contributed by atoms with Gasteiger partial charge in [-0.15, -0.1) is 0 Å². The first-order valence-electron chi connectivity index (χ1n) is 7.16. The molecule has 0 aromatic heterocycles. The van der Waals surface area contributed by atoms with Crippen molar-refractivity contribution in [1.29, 1.82) is 0 Å². The minimum atomic E-state index is -0.517. The van der Waals surface area contributed by atoms with Crippen LogP contribution in [0.2, 0.25) is 0 Å². The van der Waals surface area contributed by atoms with E-state index < -0.39 is 6.03 Å². The first kappa shape index (κ1) is 13.9. The third-order valence-electron chi connectivity index (χ3n) is 4.01. The van der Waals surface area contributed by atoms with Gasteiger partial charge in [-0.2, -0.15) is 0 Å². The molecule has 2 atom stereocenters. The molecule has 3 amide bonds. The lowest BCUT2D eigenvalue weighted by Gasteiger charge is -2.36. The number of piperidine rings is 1. The molecule has 3 N–H and O–H groups in total. The maximum Gasteiger partial charge on any atom is 0.312 e. The molecular weight excluding hydrogens is 242 g/mol. The van der Waals surface area contributed by atoms with Crippen LogP contribution in [0.25, 0.3) is 0 Å². The monoisotopic (exact) mass is 265 g/mol. The van der Waals surface area contributed by atoms with E-state index in [1.54, 1.807) is 0 Å². The Morgan fingerprint density at radius 2 is 2.16 bits per heavy atom. The summed E-state index contributed by atoms with van der Waals surface area (Å²) in [6.07, 6.45) is 10.2. The van der Waals surface area contributed by atoms with Crippen LogP contribution >= 0.6 is 0 Å². The third-order valence-corrected chi connectivity index (χ3v) is 4.01. The van der Waals surface area contributed by atoms with Gasteiger partial charge in [0.25, 0.3) is 0 Å². The zero-order chi connectivity index (χ0) is 13.7. The number of primary amides is 1. The predicted molar refractivity (Wildman–Crippen MR) is 73.4 cm³/mol. The second-order valence-corrected chi connectivity index (χ2v) is 5.45. The SMILES string of the molecule is NC(=O)NC[C@@H]1CCCCN1C(=O)C[C@H]1C=CCC1. The summed E-state index contributed by atoms with van der Waals surface area (Å²) in [5, 5.41) is 2.62. The summed E-state index contributed by atoms with van der Waals surface area (Å²) in [6.45, 7) is 1.28. The molecule has 0 aromatic carbocycles. The summed E-state index contributed by atoms with van der Waals surface area (Å²) < 4.78 is 0. The zero-order valence-corrected chi connectivity index (χ0v) is 11.3. The van der Waals surface area contributed by atoms with Crippen LogP contribution in [-0.2, 0) is 4.79 Å². The molecule has 19 heavy (non-hydrogen) atoms. The Labute approximate surface area is 114 Å². The minimum absolute atomic E-state index is 0.110. The fourth-order valence-corrected chi connectivity index (χ4v) is 2.97. The second kappa shape index (κ2) is 6.59. The molecule has 0 bridgehead atoms. The average molecular weight is 265 g/mol. The van der Waals surface area contributed by atoms with E-state index >= 15 is 0 Å². The van der Waals surface area contributed by atoms with E-state index in [2.05, 4.69) is 17.5 Å². The van der Waals surface area contributed by atoms with Crippen molar-refractivity contribution in [1.82, 2.24) is 10.2 Å². The molecule has 0 spiro atoms. The summed E-state index contributed by atoms with van der Waals surface area (Å²) in [7, 11) is 0. The van der Waals surface area contributed by atoms with Gasteiger partial charge in [0.15, 0.2) is 0 Å². The van der Waals surface area contributed by atoms with Crippen molar-refractivity contribution in [2.24, 2.45) is 11.7 Å². The molecule has 106 valence electrons. The highest BCUT2D eigenvalue weighted by molar-refractivity contribution is 5.77. The Hall–Kier alpha value is -1.52. The molecule has 2 aliphatic rings. The molecule has 0 aromatic rings. The Morgan fingerprint density at radius 1 is 1.32 bits per heavy atom. The number of carbonyl (C=O) groups excluding carboxylic acids is 2. The fourth-order valence-electron chi connectivity index (χ4n) is 2.97. The van der Waals surface area contributed by atoms with Crippen LogP contribution in [-0.4, -0.2) is 36.0 Å². The van der Waals surface area contributed by atoms with Gasteiger partial charge in [0, 0.05) is 25.6 Å². The molecular formula is C14H23N3O2. The Balaban J connectivity index is 1.88. The van der Waals surface area contributed by atoms with Crippen molar-refractivity contribution in [3.8, 4) is 0 Å². The normalized spacial score (nSPS) is 26.4. The average Bonchev–Trinajstić information content (AvgIpc) is 2.89. The van der Waals surface area contributed by atoms with Crippen LogP contribution in [0.5, 0.6) is 0 Å². The number of rotatable bonds is 4. The van der Waals surface area contributed by atoms with Crippen molar-refractivity contribution < 1.29 is 9.59 Å². The molecule has 1 aliphatic carbocycles. The van der Waals surface area contributed by atoms with E-state index in [-0.39, 0.29) is 11.9 Å². The van der Waals surface area contributed by atoms with Gasteiger partial charge in [0.2, 0.25) is 5.91 Å². The minimum Gasteiger partial charge on any atom is -0.352 e. The second-order valence-electron chi connectivity index (χ2n) is 5.45. The summed E-state index contributed by atoms with van der Waals surface area (Å²) in [5.41, 5.74) is 5.10. The molecule has 1 aliphatic heterocycles. The van der Waals surface area contributed by atoms with E-state index in [0.717, 1.165) is 38.6 Å². The van der Waals surface area contributed by atoms with Gasteiger partial charge in [-0.3, -0.25) is 4.79 Å². The maximum atomic E-state index is 12.4. The molecule has 1 heterocycles. The molecule has 0 saturated carbocycles. The largest absolute Gasteiger partial charge is 0.352 e. The molecule has 0 radical (unpaired) electrons. The zero-order valence-electron chi connectivity index (χ0n) is 11.3. The number of hydrogen-bond acceptors (Lipinski definition) is 2. The molecule has 1 fully saturated rings. The number of urea groups is 1. The van der Waals surface area contributed by atoms with Crippen molar-refractivity contribution in [3.05, 3.63) is 12.2 Å². The summed E-state index contributed by atoms with van der Waals surface area (Å²) >= 11 is 0. The first-order chi connectivity index (χ1) is 9.16.